The van der Waals surface area contributed by atoms with Gasteiger partial charge in [0.2, 0.25) is 5.91 Å². The lowest BCUT2D eigenvalue weighted by molar-refractivity contribution is -0.143. The molecule has 2 N–H and O–H groups in total. The van der Waals surface area contributed by atoms with Gasteiger partial charge in [0.1, 0.15) is 0 Å². The second-order valence-corrected chi connectivity index (χ2v) is 4.15. The molecule has 1 aliphatic rings. The molecule has 0 aliphatic carbocycles. The summed E-state index contributed by atoms with van der Waals surface area (Å²) in [7, 11) is 0. The molecule has 0 aromatic carbocycles. The molecule has 1 aliphatic heterocycles. The zero-order valence-electron chi connectivity index (χ0n) is 8.13. The van der Waals surface area contributed by atoms with Crippen LogP contribution in [-0.4, -0.2) is 29.9 Å². The molecule has 1 atom stereocenters. The van der Waals surface area contributed by atoms with E-state index in [4.69, 9.17) is 5.73 Å². The first-order valence-corrected chi connectivity index (χ1v) is 4.53. The first-order valence-electron chi connectivity index (χ1n) is 4.53. The third-order valence-electron chi connectivity index (χ3n) is 2.70. The van der Waals surface area contributed by atoms with Crippen molar-refractivity contribution in [3.8, 4) is 0 Å². The average Bonchev–Trinajstić information content (AvgIpc) is 1.97. The van der Waals surface area contributed by atoms with Crippen molar-refractivity contribution in [3.63, 3.8) is 0 Å². The number of carbonyl (C=O) groups excluding carboxylic acids is 1. The van der Waals surface area contributed by atoms with Gasteiger partial charge in [0.15, 0.2) is 0 Å². The van der Waals surface area contributed by atoms with Crippen molar-refractivity contribution in [1.82, 2.24) is 4.90 Å². The van der Waals surface area contributed by atoms with Crippen LogP contribution in [0.1, 0.15) is 27.2 Å². The van der Waals surface area contributed by atoms with Gasteiger partial charge in [-0.05, 0) is 13.3 Å². The number of hydrogen-bond donors (Lipinski definition) is 1. The van der Waals surface area contributed by atoms with Crippen molar-refractivity contribution in [2.45, 2.75) is 33.2 Å². The minimum atomic E-state index is -0.341. The van der Waals surface area contributed by atoms with Crippen molar-refractivity contribution in [1.29, 1.82) is 0 Å². The van der Waals surface area contributed by atoms with E-state index in [-0.39, 0.29) is 11.9 Å². The molecule has 70 valence electrons. The highest BCUT2D eigenvalue weighted by atomic mass is 16.2. The van der Waals surface area contributed by atoms with Crippen molar-refractivity contribution < 1.29 is 4.79 Å². The van der Waals surface area contributed by atoms with Gasteiger partial charge in [0.25, 0.3) is 0 Å². The van der Waals surface area contributed by atoms with Crippen molar-refractivity contribution in [2.75, 3.05) is 13.1 Å². The van der Waals surface area contributed by atoms with Crippen LogP contribution in [0.3, 0.4) is 0 Å². The van der Waals surface area contributed by atoms with Gasteiger partial charge in [-0.15, -0.1) is 0 Å². The second kappa shape index (κ2) is 3.05. The summed E-state index contributed by atoms with van der Waals surface area (Å²) in [5, 5.41) is 0. The average molecular weight is 170 g/mol. The van der Waals surface area contributed by atoms with Gasteiger partial charge in [-0.3, -0.25) is 4.79 Å². The largest absolute Gasteiger partial charge is 0.340 e. The summed E-state index contributed by atoms with van der Waals surface area (Å²) in [6.45, 7) is 7.86. The Kier molecular flexibility index (Phi) is 2.42. The Morgan fingerprint density at radius 1 is 1.67 bits per heavy atom. The van der Waals surface area contributed by atoms with Gasteiger partial charge >= 0.3 is 0 Å². The normalized spacial score (nSPS) is 23.2. The van der Waals surface area contributed by atoms with E-state index in [9.17, 15) is 4.79 Å². The maximum absolute atomic E-state index is 11.3. The van der Waals surface area contributed by atoms with Crippen LogP contribution >= 0.6 is 0 Å². The number of carbonyl (C=O) groups is 1. The molecule has 0 bridgehead atoms. The lowest BCUT2D eigenvalue weighted by atomic mass is 9.79. The van der Waals surface area contributed by atoms with Gasteiger partial charge in [0.05, 0.1) is 6.04 Å². The molecule has 0 aromatic rings. The maximum atomic E-state index is 11.3. The third kappa shape index (κ3) is 1.61. The first kappa shape index (κ1) is 9.52. The summed E-state index contributed by atoms with van der Waals surface area (Å²) in [5.41, 5.74) is 5.84. The maximum Gasteiger partial charge on any atom is 0.239 e. The summed E-state index contributed by atoms with van der Waals surface area (Å²) in [6, 6.07) is -0.341. The molecular weight excluding hydrogens is 152 g/mol. The van der Waals surface area contributed by atoms with E-state index in [1.165, 1.54) is 0 Å². The van der Waals surface area contributed by atoms with Crippen LogP contribution in [0.2, 0.25) is 0 Å². The van der Waals surface area contributed by atoms with Gasteiger partial charge in [-0.1, -0.05) is 13.8 Å². The monoisotopic (exact) mass is 170 g/mol. The zero-order chi connectivity index (χ0) is 9.35. The highest BCUT2D eigenvalue weighted by Crippen LogP contribution is 2.32. The lowest BCUT2D eigenvalue weighted by Crippen LogP contribution is -2.59. The van der Waals surface area contributed by atoms with Crippen LogP contribution in [0.5, 0.6) is 0 Å². The minimum Gasteiger partial charge on any atom is -0.340 e. The molecule has 3 heteroatoms. The molecule has 3 nitrogen and oxygen atoms in total. The highest BCUT2D eigenvalue weighted by Gasteiger charge is 2.40. The first-order chi connectivity index (χ1) is 5.48. The Morgan fingerprint density at radius 2 is 2.17 bits per heavy atom. The van der Waals surface area contributed by atoms with Gasteiger partial charge in [-0.2, -0.15) is 0 Å². The summed E-state index contributed by atoms with van der Waals surface area (Å²) >= 11 is 0. The Bertz CT molecular complexity index is 183. The van der Waals surface area contributed by atoms with E-state index in [0.717, 1.165) is 19.5 Å². The van der Waals surface area contributed by atoms with Gasteiger partial charge in [-0.25, -0.2) is 0 Å². The topological polar surface area (TPSA) is 46.3 Å². The molecule has 0 radical (unpaired) electrons. The predicted molar refractivity (Wildman–Crippen MR) is 48.6 cm³/mol. The summed E-state index contributed by atoms with van der Waals surface area (Å²) in [4.78, 5) is 13.2. The lowest BCUT2D eigenvalue weighted by Gasteiger charge is -2.48. The fourth-order valence-corrected chi connectivity index (χ4v) is 1.54. The molecule has 1 rings (SSSR count). The highest BCUT2D eigenvalue weighted by molar-refractivity contribution is 5.82. The number of rotatable bonds is 2. The van der Waals surface area contributed by atoms with E-state index in [2.05, 4.69) is 13.8 Å². The number of nitrogens with zero attached hydrogens (tertiary/aromatic N) is 1. The molecule has 1 heterocycles. The standard InChI is InChI=1S/C9H18N2O/c1-4-9(3)5-11(6-9)8(12)7(2)10/h7H,4-6,10H2,1-3H3/t7-/m1/s1. The quantitative estimate of drug-likeness (QED) is 0.659. The van der Waals surface area contributed by atoms with Crippen LogP contribution in [-0.2, 0) is 4.79 Å². The number of hydrogen-bond acceptors (Lipinski definition) is 2. The molecule has 1 amide bonds. The van der Waals surface area contributed by atoms with Crippen molar-refractivity contribution >= 4 is 5.91 Å². The van der Waals surface area contributed by atoms with Crippen LogP contribution in [0.4, 0.5) is 0 Å². The van der Waals surface area contributed by atoms with E-state index in [1.54, 1.807) is 6.92 Å². The Morgan fingerprint density at radius 3 is 2.50 bits per heavy atom. The van der Waals surface area contributed by atoms with Gasteiger partial charge < -0.3 is 10.6 Å². The Labute approximate surface area is 73.9 Å². The number of nitrogens with two attached hydrogens (primary N) is 1. The van der Waals surface area contributed by atoms with Crippen molar-refractivity contribution in [2.24, 2.45) is 11.1 Å². The summed E-state index contributed by atoms with van der Waals surface area (Å²) < 4.78 is 0. The van der Waals surface area contributed by atoms with E-state index >= 15 is 0 Å². The minimum absolute atomic E-state index is 0.0842. The van der Waals surface area contributed by atoms with E-state index < -0.39 is 0 Å². The predicted octanol–water partition coefficient (Wildman–Crippen LogP) is 0.592. The van der Waals surface area contributed by atoms with Crippen LogP contribution in [0.15, 0.2) is 0 Å². The smallest absolute Gasteiger partial charge is 0.239 e. The molecule has 0 saturated carbocycles. The van der Waals surface area contributed by atoms with Crippen LogP contribution < -0.4 is 5.73 Å². The Balaban J connectivity index is 2.39. The molecular formula is C9H18N2O. The summed E-state index contributed by atoms with van der Waals surface area (Å²) in [6.07, 6.45) is 1.13. The zero-order valence-corrected chi connectivity index (χ0v) is 8.13. The van der Waals surface area contributed by atoms with Crippen molar-refractivity contribution in [3.05, 3.63) is 0 Å². The van der Waals surface area contributed by atoms with Crippen LogP contribution in [0.25, 0.3) is 0 Å². The van der Waals surface area contributed by atoms with E-state index in [0.29, 0.717) is 5.41 Å². The number of amides is 1. The SMILES string of the molecule is CCC1(C)CN(C(=O)[C@@H](C)N)C1. The fourth-order valence-electron chi connectivity index (χ4n) is 1.54. The fraction of sp³-hybridized carbons (Fsp3) is 0.889. The molecule has 0 unspecified atom stereocenters. The van der Waals surface area contributed by atoms with Gasteiger partial charge in [0, 0.05) is 18.5 Å². The molecule has 12 heavy (non-hydrogen) atoms. The van der Waals surface area contributed by atoms with Crippen LogP contribution in [0, 0.1) is 5.41 Å². The second-order valence-electron chi connectivity index (χ2n) is 4.15. The molecule has 1 saturated heterocycles. The molecule has 0 aromatic heterocycles. The van der Waals surface area contributed by atoms with E-state index in [1.807, 2.05) is 4.90 Å². The third-order valence-corrected chi connectivity index (χ3v) is 2.70. The molecule has 0 spiro atoms. The number of likely N-dealkylation sites (tertiary alicyclic amines) is 1. The molecule has 1 fully saturated rings. The summed E-state index contributed by atoms with van der Waals surface area (Å²) in [5.74, 6) is 0.0842. The Hall–Kier alpha value is -0.570.